The quantitative estimate of drug-likeness (QED) is 0.696. The van der Waals surface area contributed by atoms with E-state index in [1.807, 2.05) is 68.0 Å². The standard InChI is InChI=1S/C22H22N4O2.ClH/c1-26-13-14(10-24-26)17-11-23-12-18(17)22(27)25-21-15-6-2-4-8-19(15)28-20-9-5-3-7-16(20)21;/h2-10,13,17-18,21,23H,11-12H2,1H3,(H,25,27);1H/t17-,18+;/m1./s1. The van der Waals surface area contributed by atoms with Crippen LogP contribution in [0.5, 0.6) is 11.5 Å². The van der Waals surface area contributed by atoms with E-state index in [1.54, 1.807) is 4.68 Å². The van der Waals surface area contributed by atoms with Gasteiger partial charge >= 0.3 is 0 Å². The van der Waals surface area contributed by atoms with E-state index in [9.17, 15) is 4.79 Å². The molecule has 150 valence electrons. The first-order chi connectivity index (χ1) is 13.7. The first kappa shape index (κ1) is 19.5. The van der Waals surface area contributed by atoms with E-state index in [0.29, 0.717) is 6.54 Å². The number of rotatable bonds is 3. The number of carbonyl (C=O) groups excluding carboxylic acids is 1. The number of hydrogen-bond donors (Lipinski definition) is 2. The number of fused-ring (bicyclic) bond motifs is 2. The molecule has 3 heterocycles. The van der Waals surface area contributed by atoms with Crippen molar-refractivity contribution in [3.05, 3.63) is 77.6 Å². The van der Waals surface area contributed by atoms with Gasteiger partial charge in [0.25, 0.3) is 0 Å². The van der Waals surface area contributed by atoms with Gasteiger partial charge in [0.05, 0.1) is 18.2 Å². The third kappa shape index (κ3) is 3.50. The predicted octanol–water partition coefficient (Wildman–Crippen LogP) is 3.16. The van der Waals surface area contributed by atoms with E-state index < -0.39 is 0 Å². The molecular weight excluding hydrogens is 388 g/mol. The van der Waals surface area contributed by atoms with Crippen LogP contribution in [0.2, 0.25) is 0 Å². The third-order valence-electron chi connectivity index (χ3n) is 5.67. The summed E-state index contributed by atoms with van der Waals surface area (Å²) in [6.07, 6.45) is 3.86. The molecule has 0 radical (unpaired) electrons. The monoisotopic (exact) mass is 410 g/mol. The van der Waals surface area contributed by atoms with E-state index in [0.717, 1.165) is 34.7 Å². The van der Waals surface area contributed by atoms with E-state index >= 15 is 0 Å². The average molecular weight is 411 g/mol. The van der Waals surface area contributed by atoms with Crippen LogP contribution in [0.3, 0.4) is 0 Å². The Hall–Kier alpha value is -2.83. The van der Waals surface area contributed by atoms with Gasteiger partial charge in [0.2, 0.25) is 5.91 Å². The molecule has 0 bridgehead atoms. The lowest BCUT2D eigenvalue weighted by atomic mass is 9.88. The Kier molecular flexibility index (Phi) is 5.30. The second-order valence-corrected chi connectivity index (χ2v) is 7.44. The van der Waals surface area contributed by atoms with Gasteiger partial charge in [-0.25, -0.2) is 0 Å². The van der Waals surface area contributed by atoms with Gasteiger partial charge in [-0.3, -0.25) is 9.48 Å². The van der Waals surface area contributed by atoms with Crippen LogP contribution < -0.4 is 15.4 Å². The molecule has 1 fully saturated rings. The summed E-state index contributed by atoms with van der Waals surface area (Å²) in [6.45, 7) is 1.45. The van der Waals surface area contributed by atoms with Gasteiger partial charge in [-0.2, -0.15) is 5.10 Å². The molecule has 2 N–H and O–H groups in total. The minimum absolute atomic E-state index is 0. The fraction of sp³-hybridized carbons (Fsp3) is 0.273. The maximum atomic E-state index is 13.3. The van der Waals surface area contributed by atoms with E-state index in [2.05, 4.69) is 15.7 Å². The summed E-state index contributed by atoms with van der Waals surface area (Å²) in [7, 11) is 1.90. The molecule has 1 saturated heterocycles. The Balaban J connectivity index is 0.00000205. The summed E-state index contributed by atoms with van der Waals surface area (Å²) < 4.78 is 7.82. The van der Waals surface area contributed by atoms with Crippen LogP contribution in [0.25, 0.3) is 0 Å². The zero-order valence-corrected chi connectivity index (χ0v) is 16.9. The number of nitrogens with one attached hydrogen (secondary N) is 2. The molecule has 1 amide bonds. The van der Waals surface area contributed by atoms with Crippen molar-refractivity contribution in [2.45, 2.75) is 12.0 Å². The number of benzene rings is 2. The molecule has 7 heteroatoms. The first-order valence-electron chi connectivity index (χ1n) is 9.56. The summed E-state index contributed by atoms with van der Waals surface area (Å²) in [5.41, 5.74) is 3.07. The summed E-state index contributed by atoms with van der Waals surface area (Å²) in [5.74, 6) is 1.63. The number of ether oxygens (including phenoxy) is 1. The lowest BCUT2D eigenvalue weighted by Gasteiger charge is -2.30. The highest BCUT2D eigenvalue weighted by molar-refractivity contribution is 5.85. The topological polar surface area (TPSA) is 68.2 Å². The molecule has 2 aromatic carbocycles. The average Bonchev–Trinajstić information content (AvgIpc) is 3.36. The molecule has 0 aliphatic carbocycles. The predicted molar refractivity (Wildman–Crippen MR) is 113 cm³/mol. The molecule has 0 unspecified atom stereocenters. The minimum Gasteiger partial charge on any atom is -0.457 e. The van der Waals surface area contributed by atoms with Crippen molar-refractivity contribution in [3.63, 3.8) is 0 Å². The van der Waals surface area contributed by atoms with Crippen molar-refractivity contribution in [3.8, 4) is 11.5 Å². The molecule has 1 aromatic heterocycles. The lowest BCUT2D eigenvalue weighted by molar-refractivity contribution is -0.125. The number of carbonyl (C=O) groups is 1. The van der Waals surface area contributed by atoms with Crippen molar-refractivity contribution in [2.24, 2.45) is 13.0 Å². The molecule has 6 nitrogen and oxygen atoms in total. The Labute approximate surface area is 175 Å². The van der Waals surface area contributed by atoms with Gasteiger partial charge in [0, 0.05) is 43.4 Å². The highest BCUT2D eigenvalue weighted by Gasteiger charge is 2.37. The maximum absolute atomic E-state index is 13.3. The van der Waals surface area contributed by atoms with Gasteiger partial charge < -0.3 is 15.4 Å². The molecule has 2 aliphatic rings. The van der Waals surface area contributed by atoms with Crippen LogP contribution in [-0.2, 0) is 11.8 Å². The number of nitrogens with zero attached hydrogens (tertiary/aromatic N) is 2. The maximum Gasteiger partial charge on any atom is 0.225 e. The molecule has 2 atom stereocenters. The molecule has 0 saturated carbocycles. The molecule has 2 aliphatic heterocycles. The van der Waals surface area contributed by atoms with E-state index in [1.165, 1.54) is 0 Å². The van der Waals surface area contributed by atoms with Crippen LogP contribution in [0.1, 0.15) is 28.7 Å². The second-order valence-electron chi connectivity index (χ2n) is 7.44. The molecular formula is C22H23ClN4O2. The zero-order valence-electron chi connectivity index (χ0n) is 16.0. The Bertz CT molecular complexity index is 989. The number of para-hydroxylation sites is 2. The fourth-order valence-corrected chi connectivity index (χ4v) is 4.25. The summed E-state index contributed by atoms with van der Waals surface area (Å²) in [6, 6.07) is 15.6. The van der Waals surface area contributed by atoms with Crippen molar-refractivity contribution in [2.75, 3.05) is 13.1 Å². The van der Waals surface area contributed by atoms with Crippen LogP contribution in [0, 0.1) is 5.92 Å². The van der Waals surface area contributed by atoms with Crippen LogP contribution in [0.4, 0.5) is 0 Å². The van der Waals surface area contributed by atoms with Gasteiger partial charge in [-0.15, -0.1) is 12.4 Å². The molecule has 3 aromatic rings. The van der Waals surface area contributed by atoms with E-state index in [-0.39, 0.29) is 36.2 Å². The number of halogens is 1. The fourth-order valence-electron chi connectivity index (χ4n) is 4.25. The van der Waals surface area contributed by atoms with Crippen molar-refractivity contribution in [1.82, 2.24) is 20.4 Å². The first-order valence-corrected chi connectivity index (χ1v) is 9.56. The molecule has 29 heavy (non-hydrogen) atoms. The van der Waals surface area contributed by atoms with Crippen LogP contribution in [-0.4, -0.2) is 28.8 Å². The van der Waals surface area contributed by atoms with Gasteiger partial charge in [0.15, 0.2) is 0 Å². The third-order valence-corrected chi connectivity index (χ3v) is 5.67. The lowest BCUT2D eigenvalue weighted by Crippen LogP contribution is -2.38. The summed E-state index contributed by atoms with van der Waals surface area (Å²) in [4.78, 5) is 13.3. The SMILES string of the molecule is Cl.Cn1cc([C@H]2CNC[C@@H]2C(=O)NC2c3ccccc3Oc3ccccc32)cn1. The number of hydrogen-bond acceptors (Lipinski definition) is 4. The van der Waals surface area contributed by atoms with Crippen molar-refractivity contribution < 1.29 is 9.53 Å². The van der Waals surface area contributed by atoms with Gasteiger partial charge in [0.1, 0.15) is 11.5 Å². The van der Waals surface area contributed by atoms with Gasteiger partial charge in [-0.1, -0.05) is 36.4 Å². The largest absolute Gasteiger partial charge is 0.457 e. The summed E-state index contributed by atoms with van der Waals surface area (Å²) in [5, 5.41) is 10.9. The Morgan fingerprint density at radius 2 is 1.76 bits per heavy atom. The Morgan fingerprint density at radius 3 is 2.38 bits per heavy atom. The zero-order chi connectivity index (χ0) is 19.1. The number of aromatic nitrogens is 2. The normalized spacial score (nSPS) is 20.2. The van der Waals surface area contributed by atoms with Gasteiger partial charge in [-0.05, 0) is 17.7 Å². The van der Waals surface area contributed by atoms with Crippen molar-refractivity contribution >= 4 is 18.3 Å². The second kappa shape index (κ2) is 7.89. The summed E-state index contributed by atoms with van der Waals surface area (Å²) >= 11 is 0. The highest BCUT2D eigenvalue weighted by Crippen LogP contribution is 2.42. The van der Waals surface area contributed by atoms with Crippen LogP contribution in [0.15, 0.2) is 60.9 Å². The minimum atomic E-state index is -0.219. The highest BCUT2D eigenvalue weighted by atomic mass is 35.5. The molecule has 5 rings (SSSR count). The number of aryl methyl sites for hydroxylation is 1. The van der Waals surface area contributed by atoms with Crippen LogP contribution >= 0.6 is 12.4 Å². The smallest absolute Gasteiger partial charge is 0.225 e. The van der Waals surface area contributed by atoms with Crippen molar-refractivity contribution in [1.29, 1.82) is 0 Å². The Morgan fingerprint density at radius 1 is 1.10 bits per heavy atom. The number of amides is 1. The molecule has 0 spiro atoms. The van der Waals surface area contributed by atoms with E-state index in [4.69, 9.17) is 4.74 Å².